The Labute approximate surface area is 140 Å². The average Bonchev–Trinajstić information content (AvgIpc) is 2.93. The fraction of sp³-hybridized carbons (Fsp3) is 0.579. The highest BCUT2D eigenvalue weighted by molar-refractivity contribution is 6.35. The number of benzene rings is 1. The largest absolute Gasteiger partial charge is 0.314 e. The van der Waals surface area contributed by atoms with Crippen molar-refractivity contribution < 1.29 is 0 Å². The van der Waals surface area contributed by atoms with Crippen molar-refractivity contribution in [1.29, 1.82) is 0 Å². The van der Waals surface area contributed by atoms with E-state index >= 15 is 0 Å². The Balaban J connectivity index is 1.34. The van der Waals surface area contributed by atoms with Crippen molar-refractivity contribution in [2.24, 2.45) is 5.92 Å². The second-order valence-electron chi connectivity index (χ2n) is 7.58. The summed E-state index contributed by atoms with van der Waals surface area (Å²) in [7, 11) is 3.50. The van der Waals surface area contributed by atoms with Gasteiger partial charge >= 0.3 is 0 Å². The van der Waals surface area contributed by atoms with E-state index in [1.807, 2.05) is 0 Å². The van der Waals surface area contributed by atoms with E-state index < -0.39 is 0 Å². The van der Waals surface area contributed by atoms with Gasteiger partial charge in [-0.3, -0.25) is 4.90 Å². The number of nitrogens with one attached hydrogen (secondary N) is 1. The minimum Gasteiger partial charge on any atom is -0.314 e. The second kappa shape index (κ2) is 6.33. The van der Waals surface area contributed by atoms with Crippen LogP contribution in [0.5, 0.6) is 0 Å². The van der Waals surface area contributed by atoms with Gasteiger partial charge in [0.1, 0.15) is 7.28 Å². The number of fused-ring (bicyclic) bond motifs is 1. The van der Waals surface area contributed by atoms with Crippen molar-refractivity contribution >= 4 is 7.28 Å². The number of aryl methyl sites for hydroxylation is 1. The third-order valence-electron chi connectivity index (χ3n) is 5.95. The molecule has 0 aromatic heterocycles. The van der Waals surface area contributed by atoms with Gasteiger partial charge in [0.2, 0.25) is 0 Å². The van der Waals surface area contributed by atoms with Crippen LogP contribution in [0.15, 0.2) is 23.9 Å². The van der Waals surface area contributed by atoms with Crippen LogP contribution in [0.4, 0.5) is 0 Å². The lowest BCUT2D eigenvalue weighted by atomic mass is 9.61. The molecule has 0 bridgehead atoms. The van der Waals surface area contributed by atoms with Crippen LogP contribution in [-0.4, -0.2) is 50.4 Å². The van der Waals surface area contributed by atoms with Crippen LogP contribution >= 0.6 is 0 Å². The van der Waals surface area contributed by atoms with E-state index in [9.17, 15) is 0 Å². The Hall–Kier alpha value is -1.26. The van der Waals surface area contributed by atoms with Gasteiger partial charge in [0.05, 0.1) is 0 Å². The molecule has 1 fully saturated rings. The number of hydrogen-bond donors (Lipinski definition) is 1. The quantitative estimate of drug-likeness (QED) is 0.855. The van der Waals surface area contributed by atoms with Gasteiger partial charge < -0.3 is 5.01 Å². The first-order valence-electron chi connectivity index (χ1n) is 9.19. The summed E-state index contributed by atoms with van der Waals surface area (Å²) >= 11 is 0. The minimum absolute atomic E-state index is 0.843. The van der Waals surface area contributed by atoms with E-state index in [-0.39, 0.29) is 0 Å². The molecule has 0 atom stereocenters. The van der Waals surface area contributed by atoms with Crippen molar-refractivity contribution in [2.45, 2.75) is 32.4 Å². The van der Waals surface area contributed by atoms with Crippen LogP contribution in [0.3, 0.4) is 0 Å². The van der Waals surface area contributed by atoms with Gasteiger partial charge in [0, 0.05) is 38.9 Å². The topological polar surface area (TPSA) is 18.5 Å². The van der Waals surface area contributed by atoms with Crippen molar-refractivity contribution in [3.8, 4) is 0 Å². The molecule has 0 unspecified atom stereocenters. The molecule has 3 nitrogen and oxygen atoms in total. The maximum absolute atomic E-state index is 3.32. The van der Waals surface area contributed by atoms with Gasteiger partial charge in [-0.2, -0.15) is 0 Å². The third-order valence-corrected chi connectivity index (χ3v) is 5.95. The molecule has 1 N–H and O–H groups in total. The minimum atomic E-state index is 0.843. The molecule has 3 aliphatic heterocycles. The van der Waals surface area contributed by atoms with E-state index in [0.29, 0.717) is 0 Å². The van der Waals surface area contributed by atoms with Crippen LogP contribution in [0.25, 0.3) is 0 Å². The zero-order valence-corrected chi connectivity index (χ0v) is 14.6. The van der Waals surface area contributed by atoms with Crippen LogP contribution < -0.4 is 5.43 Å². The lowest BCUT2D eigenvalue weighted by Crippen LogP contribution is -2.49. The van der Waals surface area contributed by atoms with Gasteiger partial charge in [0.25, 0.3) is 0 Å². The Morgan fingerprint density at radius 1 is 1.30 bits per heavy atom. The van der Waals surface area contributed by atoms with Crippen molar-refractivity contribution in [3.63, 3.8) is 0 Å². The standard InChI is InChI=1S/C19H28BN3/c1-14-17(4-3-16-5-7-20-10-19(14)16)9-15-11-23(12-15)13-18-6-8-21-22(18)2/h3-4,6,15,20-21H,5,7-13H2,1-2H3. The first-order chi connectivity index (χ1) is 11.2. The molecule has 4 rings (SSSR count). The lowest BCUT2D eigenvalue weighted by molar-refractivity contribution is 0.102. The predicted molar refractivity (Wildman–Crippen MR) is 98.0 cm³/mol. The summed E-state index contributed by atoms with van der Waals surface area (Å²) in [6, 6.07) is 4.83. The maximum Gasteiger partial charge on any atom is 0.126 e. The zero-order chi connectivity index (χ0) is 15.8. The van der Waals surface area contributed by atoms with E-state index in [1.54, 1.807) is 22.3 Å². The number of likely N-dealkylation sites (N-methyl/N-ethyl adjacent to an activating group) is 1. The predicted octanol–water partition coefficient (Wildman–Crippen LogP) is 1.71. The fourth-order valence-electron chi connectivity index (χ4n) is 4.47. The highest BCUT2D eigenvalue weighted by Crippen LogP contribution is 2.28. The van der Waals surface area contributed by atoms with Crippen molar-refractivity contribution in [2.75, 3.05) is 33.2 Å². The Bertz CT molecular complexity index is 619. The van der Waals surface area contributed by atoms with E-state index in [4.69, 9.17) is 0 Å². The monoisotopic (exact) mass is 309 g/mol. The summed E-state index contributed by atoms with van der Waals surface area (Å²) in [5, 5.41) is 2.17. The van der Waals surface area contributed by atoms with Crippen LogP contribution in [0.2, 0.25) is 6.32 Å². The number of nitrogens with zero attached hydrogens (tertiary/aromatic N) is 2. The summed E-state index contributed by atoms with van der Waals surface area (Å²) in [6.45, 7) is 6.95. The molecule has 23 heavy (non-hydrogen) atoms. The van der Waals surface area contributed by atoms with Gasteiger partial charge in [-0.25, -0.2) is 5.43 Å². The van der Waals surface area contributed by atoms with Crippen molar-refractivity contribution in [1.82, 2.24) is 15.3 Å². The molecular formula is C19H28BN3. The lowest BCUT2D eigenvalue weighted by Gasteiger charge is -2.40. The fourth-order valence-corrected chi connectivity index (χ4v) is 4.47. The van der Waals surface area contributed by atoms with E-state index in [0.717, 1.165) is 19.0 Å². The van der Waals surface area contributed by atoms with Gasteiger partial charge in [-0.05, 0) is 54.0 Å². The normalized spacial score (nSPS) is 21.7. The summed E-state index contributed by atoms with van der Waals surface area (Å²) in [5.74, 6) is 0.843. The first-order valence-corrected chi connectivity index (χ1v) is 9.19. The molecule has 0 amide bonds. The van der Waals surface area contributed by atoms with E-state index in [2.05, 4.69) is 47.5 Å². The molecule has 1 aromatic rings. The van der Waals surface area contributed by atoms with E-state index in [1.165, 1.54) is 51.5 Å². The smallest absolute Gasteiger partial charge is 0.126 e. The number of hydrazine groups is 1. The maximum atomic E-state index is 3.32. The summed E-state index contributed by atoms with van der Waals surface area (Å²) < 4.78 is 0. The summed E-state index contributed by atoms with van der Waals surface area (Å²) in [4.78, 5) is 2.58. The molecular weight excluding hydrogens is 281 g/mol. The highest BCUT2D eigenvalue weighted by atomic mass is 15.5. The first kappa shape index (κ1) is 15.3. The van der Waals surface area contributed by atoms with Gasteiger partial charge in [0.15, 0.2) is 0 Å². The van der Waals surface area contributed by atoms with Gasteiger partial charge in [-0.15, -0.1) is 0 Å². The molecule has 0 spiro atoms. The van der Waals surface area contributed by atoms with Crippen LogP contribution in [0, 0.1) is 12.8 Å². The summed E-state index contributed by atoms with van der Waals surface area (Å²) in [6.07, 6.45) is 7.55. The highest BCUT2D eigenvalue weighted by Gasteiger charge is 2.29. The number of rotatable bonds is 4. The Morgan fingerprint density at radius 3 is 2.96 bits per heavy atom. The number of hydrogen-bond acceptors (Lipinski definition) is 3. The van der Waals surface area contributed by atoms with Crippen molar-refractivity contribution in [3.05, 3.63) is 46.2 Å². The molecule has 4 heteroatoms. The molecule has 3 aliphatic rings. The second-order valence-corrected chi connectivity index (χ2v) is 7.58. The Morgan fingerprint density at radius 2 is 2.17 bits per heavy atom. The molecule has 1 saturated heterocycles. The van der Waals surface area contributed by atoms with Crippen LogP contribution in [-0.2, 0) is 19.2 Å². The van der Waals surface area contributed by atoms with Gasteiger partial charge in [-0.1, -0.05) is 24.8 Å². The van der Waals surface area contributed by atoms with Crippen LogP contribution in [0.1, 0.15) is 22.3 Å². The zero-order valence-electron chi connectivity index (χ0n) is 14.6. The molecule has 122 valence electrons. The summed E-state index contributed by atoms with van der Waals surface area (Å²) in [5.41, 5.74) is 11.3. The molecule has 0 aliphatic carbocycles. The number of likely N-dealkylation sites (tertiary alicyclic amines) is 1. The molecule has 3 heterocycles. The molecule has 1 aromatic carbocycles. The SMILES string of the molecule is Cc1c(CC2CN(CC3=CCNN3C)C2)ccc2c1CBCC2. The average molecular weight is 309 g/mol. The third kappa shape index (κ3) is 3.07. The Kier molecular flexibility index (Phi) is 4.21. The molecule has 0 saturated carbocycles. The molecule has 0 radical (unpaired) electrons.